The van der Waals surface area contributed by atoms with E-state index >= 15 is 0 Å². The molecule has 0 aromatic heterocycles. The number of nitro benzene ring substituents is 1. The Morgan fingerprint density at radius 3 is 2.58 bits per heavy atom. The molecule has 0 saturated carbocycles. The van der Waals surface area contributed by atoms with E-state index in [4.69, 9.17) is 0 Å². The molecule has 0 radical (unpaired) electrons. The summed E-state index contributed by atoms with van der Waals surface area (Å²) in [5, 5.41) is 13.2. The van der Waals surface area contributed by atoms with Gasteiger partial charge in [-0.3, -0.25) is 14.9 Å². The molecule has 1 aromatic rings. The normalized spacial score (nSPS) is 12.8. The largest absolute Gasteiger partial charge is 0.391 e. The van der Waals surface area contributed by atoms with Crippen LogP contribution in [0.2, 0.25) is 0 Å². The van der Waals surface area contributed by atoms with Crippen molar-refractivity contribution in [2.45, 2.75) is 25.6 Å². The van der Waals surface area contributed by atoms with Gasteiger partial charge in [0, 0.05) is 17.7 Å². The lowest BCUT2D eigenvalue weighted by molar-refractivity contribution is -0.384. The van der Waals surface area contributed by atoms with Crippen molar-refractivity contribution < 1.29 is 22.9 Å². The number of aldehydes is 1. The van der Waals surface area contributed by atoms with Crippen LogP contribution < -0.4 is 5.32 Å². The number of nitrogens with one attached hydrogen (secondary N) is 1. The minimum Gasteiger partial charge on any atom is -0.377 e. The van der Waals surface area contributed by atoms with Crippen molar-refractivity contribution in [3.8, 4) is 0 Å². The van der Waals surface area contributed by atoms with E-state index in [0.717, 1.165) is 6.07 Å². The lowest BCUT2D eigenvalue weighted by atomic mass is 10.1. The summed E-state index contributed by atoms with van der Waals surface area (Å²) in [4.78, 5) is 20.5. The molecule has 0 heterocycles. The minimum absolute atomic E-state index is 0.0487. The molecule has 0 aliphatic heterocycles. The standard InChI is InChI=1S/C11H11F3N2O3/c1-7(5-11(12,13)14)15-9-3-2-8(6-17)4-10(9)16(18)19/h2-4,6-7,15H,5H2,1H3. The van der Waals surface area contributed by atoms with Gasteiger partial charge in [0.1, 0.15) is 12.0 Å². The Hall–Kier alpha value is -2.12. The van der Waals surface area contributed by atoms with Crippen LogP contribution in [0.15, 0.2) is 18.2 Å². The number of rotatable bonds is 5. The molecular weight excluding hydrogens is 265 g/mol. The first-order chi connectivity index (χ1) is 8.73. The summed E-state index contributed by atoms with van der Waals surface area (Å²) < 4.78 is 36.5. The Labute approximate surface area is 106 Å². The lowest BCUT2D eigenvalue weighted by Gasteiger charge is -2.17. The van der Waals surface area contributed by atoms with Crippen LogP contribution in [-0.2, 0) is 0 Å². The smallest absolute Gasteiger partial charge is 0.377 e. The highest BCUT2D eigenvalue weighted by atomic mass is 19.4. The zero-order valence-corrected chi connectivity index (χ0v) is 9.90. The molecule has 1 atom stereocenters. The van der Waals surface area contributed by atoms with Crippen molar-refractivity contribution in [1.82, 2.24) is 0 Å². The van der Waals surface area contributed by atoms with Crippen LogP contribution >= 0.6 is 0 Å². The number of alkyl halides is 3. The first-order valence-electron chi connectivity index (χ1n) is 5.30. The van der Waals surface area contributed by atoms with Crippen LogP contribution in [0.4, 0.5) is 24.5 Å². The van der Waals surface area contributed by atoms with E-state index in [-0.39, 0.29) is 11.3 Å². The quantitative estimate of drug-likeness (QED) is 0.509. The highest BCUT2D eigenvalue weighted by Gasteiger charge is 2.30. The third-order valence-electron chi connectivity index (χ3n) is 2.29. The molecule has 0 saturated heterocycles. The van der Waals surface area contributed by atoms with Gasteiger partial charge in [-0.2, -0.15) is 13.2 Å². The van der Waals surface area contributed by atoms with Crippen molar-refractivity contribution in [2.75, 3.05) is 5.32 Å². The average molecular weight is 276 g/mol. The SMILES string of the molecule is CC(CC(F)(F)F)Nc1ccc(C=O)cc1[N+](=O)[O-]. The molecule has 0 spiro atoms. The number of benzene rings is 1. The van der Waals surface area contributed by atoms with Crippen molar-refractivity contribution in [3.63, 3.8) is 0 Å². The molecule has 0 aliphatic carbocycles. The van der Waals surface area contributed by atoms with Crippen molar-refractivity contribution in [3.05, 3.63) is 33.9 Å². The van der Waals surface area contributed by atoms with Gasteiger partial charge in [-0.05, 0) is 19.1 Å². The van der Waals surface area contributed by atoms with Crippen LogP contribution in [0.1, 0.15) is 23.7 Å². The summed E-state index contributed by atoms with van der Waals surface area (Å²) in [6.07, 6.45) is -5.04. The van der Waals surface area contributed by atoms with E-state index in [1.165, 1.54) is 19.1 Å². The molecule has 0 fully saturated rings. The van der Waals surface area contributed by atoms with Crippen LogP contribution in [-0.4, -0.2) is 23.4 Å². The minimum atomic E-state index is -4.36. The molecule has 1 unspecified atom stereocenters. The zero-order chi connectivity index (χ0) is 14.6. The van der Waals surface area contributed by atoms with E-state index in [0.29, 0.717) is 6.29 Å². The monoisotopic (exact) mass is 276 g/mol. The second-order valence-corrected chi connectivity index (χ2v) is 4.02. The van der Waals surface area contributed by atoms with Gasteiger partial charge < -0.3 is 5.32 Å². The average Bonchev–Trinajstić information content (AvgIpc) is 2.26. The van der Waals surface area contributed by atoms with Crippen molar-refractivity contribution in [2.24, 2.45) is 0 Å². The first-order valence-corrected chi connectivity index (χ1v) is 5.30. The zero-order valence-electron chi connectivity index (χ0n) is 9.90. The summed E-state index contributed by atoms with van der Waals surface area (Å²) in [7, 11) is 0. The molecule has 1 aromatic carbocycles. The number of carbonyl (C=O) groups is 1. The van der Waals surface area contributed by atoms with Gasteiger partial charge in [-0.1, -0.05) is 0 Å². The molecule has 0 bridgehead atoms. The van der Waals surface area contributed by atoms with Gasteiger partial charge in [-0.25, -0.2) is 0 Å². The maximum absolute atomic E-state index is 12.2. The Morgan fingerprint density at radius 2 is 2.11 bits per heavy atom. The third-order valence-corrected chi connectivity index (χ3v) is 2.29. The Balaban J connectivity index is 2.94. The lowest BCUT2D eigenvalue weighted by Crippen LogP contribution is -2.24. The summed E-state index contributed by atoms with van der Waals surface area (Å²) in [6.45, 7) is 1.27. The maximum atomic E-state index is 12.2. The molecule has 0 aliphatic rings. The van der Waals surface area contributed by atoms with E-state index in [9.17, 15) is 28.1 Å². The summed E-state index contributed by atoms with van der Waals surface area (Å²) in [5.74, 6) is 0. The Kier molecular flexibility index (Phi) is 4.47. The second kappa shape index (κ2) is 5.68. The summed E-state index contributed by atoms with van der Waals surface area (Å²) >= 11 is 0. The van der Waals surface area contributed by atoms with Gasteiger partial charge >= 0.3 is 6.18 Å². The van der Waals surface area contributed by atoms with E-state index in [1.807, 2.05) is 0 Å². The van der Waals surface area contributed by atoms with Crippen LogP contribution in [0.5, 0.6) is 0 Å². The third kappa shape index (κ3) is 4.57. The van der Waals surface area contributed by atoms with Crippen LogP contribution in [0, 0.1) is 10.1 Å². The van der Waals surface area contributed by atoms with Gasteiger partial charge in [0.15, 0.2) is 0 Å². The van der Waals surface area contributed by atoms with E-state index < -0.39 is 29.2 Å². The molecule has 0 amide bonds. The number of nitro groups is 1. The van der Waals surface area contributed by atoms with Crippen molar-refractivity contribution >= 4 is 17.7 Å². The predicted octanol–water partition coefficient (Wildman–Crippen LogP) is 3.16. The van der Waals surface area contributed by atoms with E-state index in [2.05, 4.69) is 5.32 Å². The number of carbonyl (C=O) groups excluding carboxylic acids is 1. The number of halogens is 3. The number of hydrogen-bond acceptors (Lipinski definition) is 4. The van der Waals surface area contributed by atoms with Crippen LogP contribution in [0.25, 0.3) is 0 Å². The van der Waals surface area contributed by atoms with Gasteiger partial charge in [0.2, 0.25) is 0 Å². The van der Waals surface area contributed by atoms with E-state index in [1.54, 1.807) is 0 Å². The van der Waals surface area contributed by atoms with Gasteiger partial charge in [0.05, 0.1) is 11.3 Å². The molecule has 104 valence electrons. The molecule has 19 heavy (non-hydrogen) atoms. The Morgan fingerprint density at radius 1 is 1.47 bits per heavy atom. The van der Waals surface area contributed by atoms with Gasteiger partial charge in [-0.15, -0.1) is 0 Å². The fourth-order valence-electron chi connectivity index (χ4n) is 1.56. The summed E-state index contributed by atoms with van der Waals surface area (Å²) in [6, 6.07) is 2.51. The predicted molar refractivity (Wildman–Crippen MR) is 62.2 cm³/mol. The first kappa shape index (κ1) is 14.9. The Bertz CT molecular complexity index is 489. The maximum Gasteiger partial charge on any atom is 0.391 e. The fraction of sp³-hybridized carbons (Fsp3) is 0.364. The topological polar surface area (TPSA) is 72.2 Å². The summed E-state index contributed by atoms with van der Waals surface area (Å²) in [5.41, 5.74) is -0.397. The highest BCUT2D eigenvalue weighted by Crippen LogP contribution is 2.28. The number of nitrogens with zero attached hydrogens (tertiary/aromatic N) is 1. The molecule has 1 N–H and O–H groups in total. The fourth-order valence-corrected chi connectivity index (χ4v) is 1.56. The van der Waals surface area contributed by atoms with Gasteiger partial charge in [0.25, 0.3) is 5.69 Å². The number of anilines is 1. The molecular formula is C11H11F3N2O3. The second-order valence-electron chi connectivity index (χ2n) is 4.02. The molecule has 1 rings (SSSR count). The van der Waals surface area contributed by atoms with Crippen molar-refractivity contribution in [1.29, 1.82) is 0 Å². The van der Waals surface area contributed by atoms with Crippen LogP contribution in [0.3, 0.4) is 0 Å². The molecule has 5 nitrogen and oxygen atoms in total. The molecule has 8 heteroatoms. The number of hydrogen-bond donors (Lipinski definition) is 1. The highest BCUT2D eigenvalue weighted by molar-refractivity contribution is 5.79.